The predicted molar refractivity (Wildman–Crippen MR) is 118 cm³/mol. The molecular formula is C22H30N4O4S. The van der Waals surface area contributed by atoms with Gasteiger partial charge >= 0.3 is 0 Å². The second kappa shape index (κ2) is 9.65. The molecule has 0 unspecified atom stereocenters. The minimum absolute atomic E-state index is 0.00295. The number of sulfonamides is 1. The molecule has 8 nitrogen and oxygen atoms in total. The van der Waals surface area contributed by atoms with Gasteiger partial charge in [-0.3, -0.25) is 9.59 Å². The highest BCUT2D eigenvalue weighted by atomic mass is 32.2. The van der Waals surface area contributed by atoms with Gasteiger partial charge in [-0.2, -0.15) is 0 Å². The SMILES string of the molecule is Cc1ccccc1CNC(=O)CCNS(=O)(=O)c1c(C)[nH]c(C)c1C(=O)N1CCCC1. The Morgan fingerprint density at radius 1 is 1.06 bits per heavy atom. The van der Waals surface area contributed by atoms with Crippen molar-refractivity contribution in [3.8, 4) is 0 Å². The fourth-order valence-corrected chi connectivity index (χ4v) is 5.37. The smallest absolute Gasteiger partial charge is 0.257 e. The topological polar surface area (TPSA) is 111 Å². The van der Waals surface area contributed by atoms with Crippen LogP contribution >= 0.6 is 0 Å². The average molecular weight is 447 g/mol. The lowest BCUT2D eigenvalue weighted by atomic mass is 10.1. The van der Waals surface area contributed by atoms with Crippen LogP contribution in [0.5, 0.6) is 0 Å². The molecule has 1 aliphatic heterocycles. The summed E-state index contributed by atoms with van der Waals surface area (Å²) in [6, 6.07) is 7.75. The van der Waals surface area contributed by atoms with Crippen LogP contribution in [-0.2, 0) is 21.4 Å². The molecule has 0 bridgehead atoms. The Balaban J connectivity index is 1.62. The first-order valence-electron chi connectivity index (χ1n) is 10.5. The first kappa shape index (κ1) is 23.0. The molecule has 0 atom stereocenters. The monoisotopic (exact) mass is 446 g/mol. The largest absolute Gasteiger partial charge is 0.361 e. The van der Waals surface area contributed by atoms with E-state index in [2.05, 4.69) is 15.0 Å². The Kier molecular flexibility index (Phi) is 7.17. The van der Waals surface area contributed by atoms with Crippen LogP contribution in [0, 0.1) is 20.8 Å². The molecule has 0 aliphatic carbocycles. The summed E-state index contributed by atoms with van der Waals surface area (Å²) in [6.45, 7) is 6.92. The van der Waals surface area contributed by atoms with Gasteiger partial charge in [-0.15, -0.1) is 0 Å². The van der Waals surface area contributed by atoms with E-state index >= 15 is 0 Å². The lowest BCUT2D eigenvalue weighted by Crippen LogP contribution is -2.33. The highest BCUT2D eigenvalue weighted by Crippen LogP contribution is 2.26. The molecule has 0 radical (unpaired) electrons. The Bertz CT molecular complexity index is 1070. The molecule has 1 aromatic heterocycles. The van der Waals surface area contributed by atoms with E-state index < -0.39 is 10.0 Å². The fraction of sp³-hybridized carbons (Fsp3) is 0.455. The summed E-state index contributed by atoms with van der Waals surface area (Å²) >= 11 is 0. The van der Waals surface area contributed by atoms with E-state index in [0.717, 1.165) is 24.0 Å². The number of H-pyrrole nitrogens is 1. The van der Waals surface area contributed by atoms with Crippen molar-refractivity contribution >= 4 is 21.8 Å². The van der Waals surface area contributed by atoms with Crippen molar-refractivity contribution in [2.75, 3.05) is 19.6 Å². The van der Waals surface area contributed by atoms with Crippen LogP contribution in [-0.4, -0.2) is 49.8 Å². The number of nitrogens with zero attached hydrogens (tertiary/aromatic N) is 1. The lowest BCUT2D eigenvalue weighted by molar-refractivity contribution is -0.121. The zero-order chi connectivity index (χ0) is 22.6. The highest BCUT2D eigenvalue weighted by molar-refractivity contribution is 7.89. The van der Waals surface area contributed by atoms with Gasteiger partial charge in [0.1, 0.15) is 4.90 Å². The van der Waals surface area contributed by atoms with E-state index in [4.69, 9.17) is 0 Å². The number of aromatic nitrogens is 1. The summed E-state index contributed by atoms with van der Waals surface area (Å²) in [5.74, 6) is -0.517. The average Bonchev–Trinajstić information content (AvgIpc) is 3.34. The maximum absolute atomic E-state index is 13.0. The molecule has 3 rings (SSSR count). The van der Waals surface area contributed by atoms with Gasteiger partial charge in [-0.25, -0.2) is 13.1 Å². The van der Waals surface area contributed by atoms with Crippen LogP contribution < -0.4 is 10.0 Å². The van der Waals surface area contributed by atoms with Crippen molar-refractivity contribution in [1.29, 1.82) is 0 Å². The molecule has 168 valence electrons. The van der Waals surface area contributed by atoms with Crippen molar-refractivity contribution in [1.82, 2.24) is 19.9 Å². The van der Waals surface area contributed by atoms with Crippen molar-refractivity contribution in [2.45, 2.75) is 51.5 Å². The van der Waals surface area contributed by atoms with E-state index in [1.165, 1.54) is 0 Å². The summed E-state index contributed by atoms with van der Waals surface area (Å²) in [6.07, 6.45) is 1.85. The van der Waals surface area contributed by atoms with Crippen molar-refractivity contribution in [2.24, 2.45) is 0 Å². The number of amides is 2. The minimum Gasteiger partial charge on any atom is -0.361 e. The first-order valence-corrected chi connectivity index (χ1v) is 12.0. The Morgan fingerprint density at radius 2 is 1.74 bits per heavy atom. The number of likely N-dealkylation sites (tertiary alicyclic amines) is 1. The van der Waals surface area contributed by atoms with Crippen LogP contribution in [0.1, 0.15) is 52.1 Å². The molecule has 3 N–H and O–H groups in total. The second-order valence-electron chi connectivity index (χ2n) is 7.93. The Labute approximate surface area is 183 Å². The summed E-state index contributed by atoms with van der Waals surface area (Å²) in [4.78, 5) is 29.7. The summed E-state index contributed by atoms with van der Waals surface area (Å²) in [5.41, 5.74) is 3.23. The lowest BCUT2D eigenvalue weighted by Gasteiger charge is -2.17. The molecule has 9 heteroatoms. The number of hydrogen-bond donors (Lipinski definition) is 3. The number of aromatic amines is 1. The first-order chi connectivity index (χ1) is 14.7. The van der Waals surface area contributed by atoms with Gasteiger partial charge in [0.15, 0.2) is 0 Å². The molecule has 0 saturated carbocycles. The molecule has 0 spiro atoms. The quantitative estimate of drug-likeness (QED) is 0.577. The molecule has 2 heterocycles. The number of aryl methyl sites for hydroxylation is 3. The highest BCUT2D eigenvalue weighted by Gasteiger charge is 2.32. The maximum atomic E-state index is 13.0. The van der Waals surface area contributed by atoms with Gasteiger partial charge in [0.2, 0.25) is 15.9 Å². The van der Waals surface area contributed by atoms with Crippen LogP contribution in [0.15, 0.2) is 29.2 Å². The summed E-state index contributed by atoms with van der Waals surface area (Å²) < 4.78 is 28.4. The van der Waals surface area contributed by atoms with Crippen LogP contribution in [0.2, 0.25) is 0 Å². The third-order valence-electron chi connectivity index (χ3n) is 5.57. The molecular weight excluding hydrogens is 416 g/mol. The normalized spacial score (nSPS) is 14.1. The number of hydrogen-bond acceptors (Lipinski definition) is 4. The van der Waals surface area contributed by atoms with Crippen LogP contribution in [0.3, 0.4) is 0 Å². The zero-order valence-corrected chi connectivity index (χ0v) is 19.1. The van der Waals surface area contributed by atoms with E-state index in [0.29, 0.717) is 31.0 Å². The molecule has 1 saturated heterocycles. The molecule has 2 aromatic rings. The second-order valence-corrected chi connectivity index (χ2v) is 9.63. The van der Waals surface area contributed by atoms with Gasteiger partial charge in [-0.1, -0.05) is 24.3 Å². The summed E-state index contributed by atoms with van der Waals surface area (Å²) in [7, 11) is -3.95. The molecule has 31 heavy (non-hydrogen) atoms. The number of carbonyl (C=O) groups excluding carboxylic acids is 2. The minimum atomic E-state index is -3.95. The Hall–Kier alpha value is -2.65. The number of carbonyl (C=O) groups is 2. The van der Waals surface area contributed by atoms with Gasteiger partial charge < -0.3 is 15.2 Å². The van der Waals surface area contributed by atoms with Crippen molar-refractivity contribution in [3.63, 3.8) is 0 Å². The van der Waals surface area contributed by atoms with Crippen molar-refractivity contribution < 1.29 is 18.0 Å². The van der Waals surface area contributed by atoms with Crippen LogP contribution in [0.25, 0.3) is 0 Å². The predicted octanol–water partition coefficient (Wildman–Crippen LogP) is 2.16. The number of benzene rings is 1. The Morgan fingerprint density at radius 3 is 2.42 bits per heavy atom. The van der Waals surface area contributed by atoms with Gasteiger partial charge in [-0.05, 0) is 44.7 Å². The molecule has 1 fully saturated rings. The van der Waals surface area contributed by atoms with Gasteiger partial charge in [0.25, 0.3) is 5.91 Å². The fourth-order valence-electron chi connectivity index (χ4n) is 3.89. The third-order valence-corrected chi connectivity index (χ3v) is 7.21. The van der Waals surface area contributed by atoms with E-state index in [1.54, 1.807) is 18.7 Å². The van der Waals surface area contributed by atoms with Crippen molar-refractivity contribution in [3.05, 3.63) is 52.3 Å². The zero-order valence-electron chi connectivity index (χ0n) is 18.2. The van der Waals surface area contributed by atoms with Gasteiger partial charge in [0.05, 0.1) is 5.56 Å². The molecule has 2 amide bonds. The summed E-state index contributed by atoms with van der Waals surface area (Å²) in [5, 5.41) is 2.81. The van der Waals surface area contributed by atoms with E-state index in [9.17, 15) is 18.0 Å². The molecule has 1 aliphatic rings. The molecule has 1 aromatic carbocycles. The van der Waals surface area contributed by atoms with Gasteiger partial charge in [0, 0.05) is 44.0 Å². The third kappa shape index (κ3) is 5.34. The van der Waals surface area contributed by atoms with E-state index in [-0.39, 0.29) is 35.2 Å². The number of rotatable bonds is 8. The standard InChI is InChI=1S/C22H30N4O4S/c1-15-8-4-5-9-18(15)14-23-19(27)10-11-24-31(29,30)21-17(3)25-16(2)20(21)22(28)26-12-6-7-13-26/h4-5,8-9,24-25H,6-7,10-14H2,1-3H3,(H,23,27). The number of nitrogens with one attached hydrogen (secondary N) is 3. The van der Waals surface area contributed by atoms with Crippen LogP contribution in [0.4, 0.5) is 0 Å². The maximum Gasteiger partial charge on any atom is 0.257 e. The van der Waals surface area contributed by atoms with E-state index in [1.807, 2.05) is 31.2 Å².